The molecule has 4 heteroatoms. The van der Waals surface area contributed by atoms with Crippen molar-refractivity contribution < 1.29 is 9.13 Å². The van der Waals surface area contributed by atoms with Gasteiger partial charge in [-0.3, -0.25) is 0 Å². The molecule has 0 saturated heterocycles. The van der Waals surface area contributed by atoms with E-state index in [0.717, 1.165) is 0 Å². The Kier molecular flexibility index (Phi) is 2.36. The molecule has 0 aliphatic carbocycles. The lowest BCUT2D eigenvalue weighted by Gasteiger charge is -2.05. The van der Waals surface area contributed by atoms with Crippen molar-refractivity contribution in [3.8, 4) is 6.01 Å². The molecule has 3 nitrogen and oxygen atoms in total. The highest BCUT2D eigenvalue weighted by molar-refractivity contribution is 4.95. The second kappa shape index (κ2) is 3.27. The molecule has 11 heavy (non-hydrogen) atoms. The van der Waals surface area contributed by atoms with Gasteiger partial charge in [0.1, 0.15) is 0 Å². The zero-order chi connectivity index (χ0) is 8.27. The third kappa shape index (κ3) is 2.49. The molecule has 0 unspecified atom stereocenters. The molecule has 0 saturated carbocycles. The van der Waals surface area contributed by atoms with Crippen LogP contribution in [-0.2, 0) is 0 Å². The minimum absolute atomic E-state index is 0.0307. The van der Waals surface area contributed by atoms with E-state index in [9.17, 15) is 4.39 Å². The summed E-state index contributed by atoms with van der Waals surface area (Å²) in [6, 6.07) is 1.26. The number of aromatic nitrogens is 2. The van der Waals surface area contributed by atoms with Crippen LogP contribution in [0.4, 0.5) is 4.39 Å². The Morgan fingerprint density at radius 3 is 2.82 bits per heavy atom. The first-order valence-corrected chi connectivity index (χ1v) is 3.33. The predicted molar refractivity (Wildman–Crippen MR) is 37.8 cm³/mol. The van der Waals surface area contributed by atoms with E-state index < -0.39 is 5.95 Å². The highest BCUT2D eigenvalue weighted by Crippen LogP contribution is 2.03. The fraction of sp³-hybridized carbons (Fsp3) is 0.429. The lowest BCUT2D eigenvalue weighted by atomic mass is 10.5. The lowest BCUT2D eigenvalue weighted by molar-refractivity contribution is 0.219. The molecule has 0 spiro atoms. The highest BCUT2D eigenvalue weighted by atomic mass is 19.1. The fourth-order valence-corrected chi connectivity index (χ4v) is 0.588. The van der Waals surface area contributed by atoms with Crippen LogP contribution in [0.1, 0.15) is 13.8 Å². The summed E-state index contributed by atoms with van der Waals surface area (Å²) in [6.45, 7) is 3.66. The summed E-state index contributed by atoms with van der Waals surface area (Å²) in [5.74, 6) is -0.573. The van der Waals surface area contributed by atoms with Crippen LogP contribution < -0.4 is 4.74 Å². The largest absolute Gasteiger partial charge is 0.461 e. The number of rotatable bonds is 2. The molecular formula is C7H9FN2O. The molecule has 0 aliphatic rings. The molecule has 0 bridgehead atoms. The van der Waals surface area contributed by atoms with Crippen LogP contribution in [0.2, 0.25) is 0 Å². The molecule has 1 rings (SSSR count). The van der Waals surface area contributed by atoms with Gasteiger partial charge in [-0.05, 0) is 13.8 Å². The second-order valence-electron chi connectivity index (χ2n) is 2.33. The summed E-state index contributed by atoms with van der Waals surface area (Å²) in [4.78, 5) is 7.12. The van der Waals surface area contributed by atoms with Gasteiger partial charge in [0.15, 0.2) is 0 Å². The highest BCUT2D eigenvalue weighted by Gasteiger charge is 2.00. The molecule has 0 N–H and O–H groups in total. The van der Waals surface area contributed by atoms with Gasteiger partial charge in [0.2, 0.25) is 5.95 Å². The van der Waals surface area contributed by atoms with Gasteiger partial charge in [0.05, 0.1) is 6.10 Å². The number of ether oxygens (including phenoxy) is 1. The van der Waals surface area contributed by atoms with Gasteiger partial charge in [0, 0.05) is 12.3 Å². The Balaban J connectivity index is 2.71. The molecule has 0 fully saturated rings. The van der Waals surface area contributed by atoms with E-state index in [1.807, 2.05) is 13.8 Å². The zero-order valence-electron chi connectivity index (χ0n) is 6.41. The Morgan fingerprint density at radius 1 is 1.55 bits per heavy atom. The first-order valence-electron chi connectivity index (χ1n) is 3.33. The van der Waals surface area contributed by atoms with Gasteiger partial charge in [-0.25, -0.2) is 4.98 Å². The van der Waals surface area contributed by atoms with Gasteiger partial charge < -0.3 is 4.74 Å². The van der Waals surface area contributed by atoms with Crippen LogP contribution in [-0.4, -0.2) is 16.1 Å². The van der Waals surface area contributed by atoms with Crippen LogP contribution in [0.5, 0.6) is 6.01 Å². The van der Waals surface area contributed by atoms with E-state index in [1.54, 1.807) is 0 Å². The minimum Gasteiger partial charge on any atom is -0.461 e. The van der Waals surface area contributed by atoms with E-state index in [4.69, 9.17) is 4.74 Å². The molecule has 60 valence electrons. The first kappa shape index (κ1) is 7.91. The van der Waals surface area contributed by atoms with Gasteiger partial charge in [-0.1, -0.05) is 0 Å². The molecule has 1 aromatic rings. The van der Waals surface area contributed by atoms with Crippen molar-refractivity contribution in [1.82, 2.24) is 9.97 Å². The van der Waals surface area contributed by atoms with E-state index >= 15 is 0 Å². The second-order valence-corrected chi connectivity index (χ2v) is 2.33. The lowest BCUT2D eigenvalue weighted by Crippen LogP contribution is -2.08. The van der Waals surface area contributed by atoms with Gasteiger partial charge in [-0.2, -0.15) is 9.37 Å². The summed E-state index contributed by atoms with van der Waals surface area (Å²) in [5, 5.41) is 0. The quantitative estimate of drug-likeness (QED) is 0.607. The fourth-order valence-electron chi connectivity index (χ4n) is 0.588. The van der Waals surface area contributed by atoms with Crippen LogP contribution >= 0.6 is 0 Å². The van der Waals surface area contributed by atoms with Crippen molar-refractivity contribution in [3.63, 3.8) is 0 Å². The zero-order valence-corrected chi connectivity index (χ0v) is 6.41. The molecule has 0 aliphatic heterocycles. The number of hydrogen-bond donors (Lipinski definition) is 0. The number of halogens is 1. The normalized spacial score (nSPS) is 10.2. The SMILES string of the molecule is CC(C)Oc1nccc(F)n1. The maximum Gasteiger partial charge on any atom is 0.319 e. The minimum atomic E-state index is -0.573. The Labute approximate surface area is 64.2 Å². The molecule has 0 radical (unpaired) electrons. The third-order valence-corrected chi connectivity index (χ3v) is 0.941. The standard InChI is InChI=1S/C7H9FN2O/c1-5(2)11-7-9-4-3-6(8)10-7/h3-5H,1-2H3. The molecule has 0 amide bonds. The summed E-state index contributed by atoms with van der Waals surface area (Å²) in [6.07, 6.45) is 1.29. The van der Waals surface area contributed by atoms with Crippen molar-refractivity contribution in [2.45, 2.75) is 20.0 Å². The molecule has 0 aromatic carbocycles. The summed E-state index contributed by atoms with van der Waals surface area (Å²) < 4.78 is 17.4. The smallest absolute Gasteiger partial charge is 0.319 e. The number of nitrogens with zero attached hydrogens (tertiary/aromatic N) is 2. The molecular weight excluding hydrogens is 147 g/mol. The van der Waals surface area contributed by atoms with E-state index in [0.29, 0.717) is 0 Å². The van der Waals surface area contributed by atoms with Gasteiger partial charge in [0.25, 0.3) is 0 Å². The summed E-state index contributed by atoms with van der Waals surface area (Å²) >= 11 is 0. The predicted octanol–water partition coefficient (Wildman–Crippen LogP) is 1.40. The molecule has 1 aromatic heterocycles. The maximum atomic E-state index is 12.4. The topological polar surface area (TPSA) is 35.0 Å². The average Bonchev–Trinajstić information content (AvgIpc) is 1.85. The van der Waals surface area contributed by atoms with Crippen LogP contribution in [0.3, 0.4) is 0 Å². The van der Waals surface area contributed by atoms with Crippen LogP contribution in [0, 0.1) is 5.95 Å². The van der Waals surface area contributed by atoms with Crippen molar-refractivity contribution >= 4 is 0 Å². The number of hydrogen-bond acceptors (Lipinski definition) is 3. The van der Waals surface area contributed by atoms with E-state index in [2.05, 4.69) is 9.97 Å². The van der Waals surface area contributed by atoms with Crippen molar-refractivity contribution in [2.75, 3.05) is 0 Å². The monoisotopic (exact) mass is 156 g/mol. The van der Waals surface area contributed by atoms with Crippen molar-refractivity contribution in [1.29, 1.82) is 0 Å². The Bertz CT molecular complexity index is 240. The molecule has 0 atom stereocenters. The summed E-state index contributed by atoms with van der Waals surface area (Å²) in [7, 11) is 0. The van der Waals surface area contributed by atoms with Crippen molar-refractivity contribution in [2.24, 2.45) is 0 Å². The average molecular weight is 156 g/mol. The molecule has 1 heterocycles. The summed E-state index contributed by atoms with van der Waals surface area (Å²) in [5.41, 5.74) is 0. The van der Waals surface area contributed by atoms with Crippen LogP contribution in [0.25, 0.3) is 0 Å². The van der Waals surface area contributed by atoms with Crippen LogP contribution in [0.15, 0.2) is 12.3 Å². The van der Waals surface area contributed by atoms with E-state index in [-0.39, 0.29) is 12.1 Å². The Hall–Kier alpha value is -1.19. The first-order chi connectivity index (χ1) is 5.18. The van der Waals surface area contributed by atoms with Gasteiger partial charge >= 0.3 is 6.01 Å². The Morgan fingerprint density at radius 2 is 2.27 bits per heavy atom. The maximum absolute atomic E-state index is 12.4. The third-order valence-electron chi connectivity index (χ3n) is 0.941. The van der Waals surface area contributed by atoms with E-state index in [1.165, 1.54) is 12.3 Å². The van der Waals surface area contributed by atoms with Gasteiger partial charge in [-0.15, -0.1) is 0 Å². The van der Waals surface area contributed by atoms with Crippen molar-refractivity contribution in [3.05, 3.63) is 18.2 Å².